The van der Waals surface area contributed by atoms with Crippen molar-refractivity contribution in [2.24, 2.45) is 5.92 Å². The molecule has 2 fully saturated rings. The molecule has 1 saturated heterocycles. The third-order valence-corrected chi connectivity index (χ3v) is 5.11. The highest BCUT2D eigenvalue weighted by molar-refractivity contribution is 6.30. The van der Waals surface area contributed by atoms with Crippen LogP contribution in [-0.2, 0) is 4.79 Å². The molecule has 27 heavy (non-hydrogen) atoms. The SMILES string of the molecule is Cl.Cl.O=C(CNCC1CC1)NC1CCN(CCOc2ccc(Cl)cc2)CC1. The second-order valence-corrected chi connectivity index (χ2v) is 7.50. The van der Waals surface area contributed by atoms with Crippen LogP contribution in [0.4, 0.5) is 0 Å². The lowest BCUT2D eigenvalue weighted by molar-refractivity contribution is -0.121. The predicted molar refractivity (Wildman–Crippen MR) is 115 cm³/mol. The van der Waals surface area contributed by atoms with Gasteiger partial charge in [0.1, 0.15) is 12.4 Å². The number of likely N-dealkylation sites (tertiary alicyclic amines) is 1. The van der Waals surface area contributed by atoms with Gasteiger partial charge in [-0.15, -0.1) is 24.8 Å². The minimum atomic E-state index is 0. The Hall–Kier alpha value is -0.720. The fourth-order valence-corrected chi connectivity index (χ4v) is 3.24. The number of benzene rings is 1. The van der Waals surface area contributed by atoms with E-state index in [4.69, 9.17) is 16.3 Å². The summed E-state index contributed by atoms with van der Waals surface area (Å²) in [5.74, 6) is 1.79. The lowest BCUT2D eigenvalue weighted by atomic mass is 10.1. The van der Waals surface area contributed by atoms with Crippen LogP contribution in [0.25, 0.3) is 0 Å². The number of hydrogen-bond donors (Lipinski definition) is 2. The van der Waals surface area contributed by atoms with Crippen LogP contribution < -0.4 is 15.4 Å². The smallest absolute Gasteiger partial charge is 0.234 e. The van der Waals surface area contributed by atoms with Crippen molar-refractivity contribution >= 4 is 42.3 Å². The first-order valence-electron chi connectivity index (χ1n) is 9.30. The summed E-state index contributed by atoms with van der Waals surface area (Å²) in [5.41, 5.74) is 0. The molecule has 1 aromatic carbocycles. The number of nitrogens with zero attached hydrogens (tertiary/aromatic N) is 1. The van der Waals surface area contributed by atoms with Crippen LogP contribution in [0.5, 0.6) is 5.75 Å². The fourth-order valence-electron chi connectivity index (χ4n) is 3.11. The summed E-state index contributed by atoms with van der Waals surface area (Å²) in [6.07, 6.45) is 4.65. The van der Waals surface area contributed by atoms with Crippen molar-refractivity contribution in [2.75, 3.05) is 39.3 Å². The molecule has 0 bridgehead atoms. The van der Waals surface area contributed by atoms with Gasteiger partial charge >= 0.3 is 0 Å². The van der Waals surface area contributed by atoms with E-state index in [1.165, 1.54) is 12.8 Å². The minimum Gasteiger partial charge on any atom is -0.492 e. The minimum absolute atomic E-state index is 0. The average molecular weight is 439 g/mol. The molecule has 5 nitrogen and oxygen atoms in total. The molecule has 0 atom stereocenters. The number of carbonyl (C=O) groups excluding carboxylic acids is 1. The maximum atomic E-state index is 11.9. The van der Waals surface area contributed by atoms with E-state index in [2.05, 4.69) is 15.5 Å². The standard InChI is InChI=1S/C19H28ClN3O2.2ClH/c20-16-3-5-18(6-4-16)25-12-11-23-9-7-17(8-10-23)22-19(24)14-21-13-15-1-2-15;;/h3-6,15,17,21H,1-2,7-14H2,(H,22,24);2*1H. The Labute approximate surface area is 179 Å². The first-order valence-corrected chi connectivity index (χ1v) is 9.67. The zero-order valence-corrected chi connectivity index (χ0v) is 17.9. The van der Waals surface area contributed by atoms with Gasteiger partial charge in [-0.1, -0.05) is 11.6 Å². The summed E-state index contributed by atoms with van der Waals surface area (Å²) in [4.78, 5) is 14.3. The number of nitrogens with one attached hydrogen (secondary N) is 2. The summed E-state index contributed by atoms with van der Waals surface area (Å²) >= 11 is 5.86. The van der Waals surface area contributed by atoms with E-state index in [-0.39, 0.29) is 30.7 Å². The van der Waals surface area contributed by atoms with Crippen LogP contribution in [-0.4, -0.2) is 56.2 Å². The zero-order valence-electron chi connectivity index (χ0n) is 15.5. The first-order chi connectivity index (χ1) is 12.2. The third-order valence-electron chi connectivity index (χ3n) is 4.86. The monoisotopic (exact) mass is 437 g/mol. The molecule has 1 aliphatic carbocycles. The van der Waals surface area contributed by atoms with E-state index in [0.717, 1.165) is 55.7 Å². The summed E-state index contributed by atoms with van der Waals surface area (Å²) in [5, 5.41) is 7.12. The molecule has 3 rings (SSSR count). The quantitative estimate of drug-likeness (QED) is 0.622. The Balaban J connectivity index is 0.00000182. The number of amides is 1. The molecule has 0 spiro atoms. The fraction of sp³-hybridized carbons (Fsp3) is 0.632. The Morgan fingerprint density at radius 3 is 2.41 bits per heavy atom. The molecule has 2 N–H and O–H groups in total. The van der Waals surface area contributed by atoms with Crippen LogP contribution in [0, 0.1) is 5.92 Å². The zero-order chi connectivity index (χ0) is 17.5. The highest BCUT2D eigenvalue weighted by Gasteiger charge is 2.22. The van der Waals surface area contributed by atoms with Gasteiger partial charge in [-0.05, 0) is 62.4 Å². The van der Waals surface area contributed by atoms with Gasteiger partial charge in [0.25, 0.3) is 0 Å². The predicted octanol–water partition coefficient (Wildman–Crippen LogP) is 3.14. The van der Waals surface area contributed by atoms with Gasteiger partial charge in [0.2, 0.25) is 5.91 Å². The molecule has 1 saturated carbocycles. The molecular weight excluding hydrogens is 409 g/mol. The normalized spacial score (nSPS) is 17.5. The van der Waals surface area contributed by atoms with Crippen molar-refractivity contribution in [3.63, 3.8) is 0 Å². The van der Waals surface area contributed by atoms with E-state index in [1.54, 1.807) is 0 Å². The number of piperidine rings is 1. The highest BCUT2D eigenvalue weighted by Crippen LogP contribution is 2.27. The Morgan fingerprint density at radius 2 is 1.78 bits per heavy atom. The lowest BCUT2D eigenvalue weighted by Crippen LogP contribution is -2.47. The Kier molecular flexibility index (Phi) is 11.4. The molecule has 2 aliphatic rings. The van der Waals surface area contributed by atoms with Crippen molar-refractivity contribution in [1.29, 1.82) is 0 Å². The van der Waals surface area contributed by atoms with Gasteiger partial charge < -0.3 is 15.4 Å². The summed E-state index contributed by atoms with van der Waals surface area (Å²) in [6.45, 7) is 5.02. The molecular formula is C19H30Cl3N3O2. The van der Waals surface area contributed by atoms with Gasteiger partial charge in [0.05, 0.1) is 6.54 Å². The van der Waals surface area contributed by atoms with Crippen LogP contribution in [0.1, 0.15) is 25.7 Å². The molecule has 1 amide bonds. The number of rotatable bonds is 9. The molecule has 1 heterocycles. The molecule has 1 aromatic rings. The topological polar surface area (TPSA) is 53.6 Å². The van der Waals surface area contributed by atoms with Gasteiger partial charge in [-0.2, -0.15) is 0 Å². The number of hydrogen-bond acceptors (Lipinski definition) is 4. The van der Waals surface area contributed by atoms with Gasteiger partial charge in [0, 0.05) is 30.7 Å². The second kappa shape index (κ2) is 12.7. The van der Waals surface area contributed by atoms with E-state index in [1.807, 2.05) is 24.3 Å². The second-order valence-electron chi connectivity index (χ2n) is 7.06. The van der Waals surface area contributed by atoms with E-state index < -0.39 is 0 Å². The molecule has 8 heteroatoms. The Morgan fingerprint density at radius 1 is 1.11 bits per heavy atom. The maximum absolute atomic E-state index is 11.9. The molecule has 0 aromatic heterocycles. The van der Waals surface area contributed by atoms with E-state index in [0.29, 0.717) is 19.2 Å². The molecule has 0 radical (unpaired) electrons. The van der Waals surface area contributed by atoms with Gasteiger partial charge in [0.15, 0.2) is 0 Å². The lowest BCUT2D eigenvalue weighted by Gasteiger charge is -2.32. The molecule has 1 aliphatic heterocycles. The van der Waals surface area contributed by atoms with Crippen molar-refractivity contribution in [1.82, 2.24) is 15.5 Å². The summed E-state index contributed by atoms with van der Waals surface area (Å²) in [7, 11) is 0. The van der Waals surface area contributed by atoms with Crippen LogP contribution in [0.15, 0.2) is 24.3 Å². The molecule has 154 valence electrons. The van der Waals surface area contributed by atoms with Crippen LogP contribution in [0.3, 0.4) is 0 Å². The van der Waals surface area contributed by atoms with E-state index >= 15 is 0 Å². The number of carbonyl (C=O) groups is 1. The Bertz CT molecular complexity index is 548. The van der Waals surface area contributed by atoms with Crippen LogP contribution in [0.2, 0.25) is 5.02 Å². The number of halogens is 3. The third kappa shape index (κ3) is 9.35. The van der Waals surface area contributed by atoms with Crippen molar-refractivity contribution in [3.8, 4) is 5.75 Å². The van der Waals surface area contributed by atoms with Crippen LogP contribution >= 0.6 is 36.4 Å². The average Bonchev–Trinajstić information content (AvgIpc) is 3.43. The molecule has 0 unspecified atom stereocenters. The van der Waals surface area contributed by atoms with Crippen molar-refractivity contribution < 1.29 is 9.53 Å². The highest BCUT2D eigenvalue weighted by atomic mass is 35.5. The number of ether oxygens (including phenoxy) is 1. The van der Waals surface area contributed by atoms with Gasteiger partial charge in [-0.25, -0.2) is 0 Å². The summed E-state index contributed by atoms with van der Waals surface area (Å²) < 4.78 is 5.75. The van der Waals surface area contributed by atoms with Gasteiger partial charge in [-0.3, -0.25) is 9.69 Å². The first kappa shape index (κ1) is 24.3. The maximum Gasteiger partial charge on any atom is 0.234 e. The van der Waals surface area contributed by atoms with E-state index in [9.17, 15) is 4.79 Å². The van der Waals surface area contributed by atoms with Crippen molar-refractivity contribution in [2.45, 2.75) is 31.7 Å². The van der Waals surface area contributed by atoms with Crippen molar-refractivity contribution in [3.05, 3.63) is 29.3 Å². The summed E-state index contributed by atoms with van der Waals surface area (Å²) in [6, 6.07) is 7.77. The largest absolute Gasteiger partial charge is 0.492 e.